The Kier molecular flexibility index (Phi) is 6.17. The first kappa shape index (κ1) is 19.0. The lowest BCUT2D eigenvalue weighted by atomic mass is 9.77. The summed E-state index contributed by atoms with van der Waals surface area (Å²) < 4.78 is 0. The van der Waals surface area contributed by atoms with Crippen LogP contribution in [0.1, 0.15) is 88.2 Å². The highest BCUT2D eigenvalue weighted by Gasteiger charge is 2.28. The van der Waals surface area contributed by atoms with Crippen molar-refractivity contribution in [3.05, 3.63) is 47.8 Å². The Labute approximate surface area is 168 Å². The number of nitrogens with zero attached hydrogens (tertiary/aromatic N) is 2. The molecule has 0 amide bonds. The van der Waals surface area contributed by atoms with Gasteiger partial charge in [-0.05, 0) is 71.5 Å². The number of hydrogen-bond donors (Lipinski definition) is 0. The molecule has 2 aromatic rings. The van der Waals surface area contributed by atoms with Gasteiger partial charge in [0.25, 0.3) is 0 Å². The lowest BCUT2D eigenvalue weighted by molar-refractivity contribution is 0.325. The van der Waals surface area contributed by atoms with Gasteiger partial charge in [-0.3, -0.25) is 0 Å². The maximum Gasteiger partial charge on any atom is 0.106 e. The van der Waals surface area contributed by atoms with Gasteiger partial charge in [0.15, 0.2) is 0 Å². The van der Waals surface area contributed by atoms with Crippen LogP contribution >= 0.6 is 11.8 Å². The summed E-state index contributed by atoms with van der Waals surface area (Å²) in [6, 6.07) is 8.86. The number of hydrogen-bond acceptors (Lipinski definition) is 3. The third kappa shape index (κ3) is 4.23. The van der Waals surface area contributed by atoms with E-state index in [4.69, 9.17) is 9.97 Å². The summed E-state index contributed by atoms with van der Waals surface area (Å²) in [5.41, 5.74) is 2.89. The Morgan fingerprint density at radius 2 is 1.15 bits per heavy atom. The molecule has 0 bridgehead atoms. The summed E-state index contributed by atoms with van der Waals surface area (Å²) >= 11 is 1.81. The number of pyridine rings is 2. The van der Waals surface area contributed by atoms with Crippen LogP contribution in [-0.4, -0.2) is 9.97 Å². The summed E-state index contributed by atoms with van der Waals surface area (Å²) in [4.78, 5) is 9.62. The summed E-state index contributed by atoms with van der Waals surface area (Å²) in [6.45, 7) is 4.84. The Hall–Kier alpha value is -1.35. The second kappa shape index (κ2) is 8.77. The fraction of sp³-hybridized carbons (Fsp3) is 0.583. The van der Waals surface area contributed by atoms with Crippen molar-refractivity contribution in [1.29, 1.82) is 0 Å². The Balaban J connectivity index is 1.64. The summed E-state index contributed by atoms with van der Waals surface area (Å²) in [5, 5.41) is 2.36. The third-order valence-electron chi connectivity index (χ3n) is 6.82. The van der Waals surface area contributed by atoms with E-state index >= 15 is 0 Å². The van der Waals surface area contributed by atoms with Crippen molar-refractivity contribution in [3.63, 3.8) is 0 Å². The molecule has 4 unspecified atom stereocenters. The van der Waals surface area contributed by atoms with Crippen molar-refractivity contribution < 1.29 is 0 Å². The minimum Gasteiger partial charge on any atom is -0.249 e. The predicted molar refractivity (Wildman–Crippen MR) is 113 cm³/mol. The molecular weight excluding hydrogens is 348 g/mol. The molecule has 2 aromatic heterocycles. The zero-order valence-electron chi connectivity index (χ0n) is 16.7. The highest BCUT2D eigenvalue weighted by Crippen LogP contribution is 2.45. The summed E-state index contributed by atoms with van der Waals surface area (Å²) in [7, 11) is 0. The normalized spacial score (nSPS) is 28.8. The van der Waals surface area contributed by atoms with Crippen molar-refractivity contribution in [1.82, 2.24) is 9.97 Å². The summed E-state index contributed by atoms with van der Waals surface area (Å²) in [6.07, 6.45) is 14.6. The molecule has 3 heteroatoms. The van der Waals surface area contributed by atoms with E-state index < -0.39 is 0 Å². The average molecular weight is 381 g/mol. The number of aromatic nitrogens is 2. The van der Waals surface area contributed by atoms with Gasteiger partial charge in [-0.2, -0.15) is 0 Å². The van der Waals surface area contributed by atoms with Crippen LogP contribution in [0.25, 0.3) is 0 Å². The van der Waals surface area contributed by atoms with Crippen molar-refractivity contribution in [2.24, 2.45) is 11.8 Å². The molecule has 2 saturated carbocycles. The second-order valence-electron chi connectivity index (χ2n) is 8.63. The van der Waals surface area contributed by atoms with E-state index in [1.54, 1.807) is 0 Å². The van der Waals surface area contributed by atoms with E-state index in [0.29, 0.717) is 11.8 Å². The highest BCUT2D eigenvalue weighted by molar-refractivity contribution is 7.99. The van der Waals surface area contributed by atoms with Gasteiger partial charge in [-0.25, -0.2) is 9.97 Å². The van der Waals surface area contributed by atoms with Crippen LogP contribution < -0.4 is 0 Å². The molecule has 2 aliphatic rings. The molecule has 144 valence electrons. The zero-order chi connectivity index (χ0) is 18.6. The average Bonchev–Trinajstić information content (AvgIpc) is 2.70. The first-order valence-electron chi connectivity index (χ1n) is 10.8. The molecule has 0 aromatic carbocycles. The van der Waals surface area contributed by atoms with Crippen LogP contribution in [0.5, 0.6) is 0 Å². The van der Waals surface area contributed by atoms with Crippen molar-refractivity contribution in [3.8, 4) is 0 Å². The van der Waals surface area contributed by atoms with Gasteiger partial charge in [0.1, 0.15) is 10.1 Å². The lowest BCUT2D eigenvalue weighted by Gasteiger charge is -2.31. The third-order valence-corrected chi connectivity index (χ3v) is 7.89. The molecule has 4 rings (SSSR count). The second-order valence-corrected chi connectivity index (χ2v) is 9.61. The van der Waals surface area contributed by atoms with Gasteiger partial charge in [0, 0.05) is 12.4 Å². The molecule has 0 N–H and O–H groups in total. The van der Waals surface area contributed by atoms with Crippen LogP contribution in [-0.2, 0) is 0 Å². The van der Waals surface area contributed by atoms with E-state index in [9.17, 15) is 0 Å². The topological polar surface area (TPSA) is 25.8 Å². The maximum absolute atomic E-state index is 4.81. The van der Waals surface area contributed by atoms with Gasteiger partial charge in [0.2, 0.25) is 0 Å². The number of rotatable bonds is 4. The van der Waals surface area contributed by atoms with Gasteiger partial charge in [-0.1, -0.05) is 64.5 Å². The largest absolute Gasteiger partial charge is 0.249 e. The molecule has 2 nitrogen and oxygen atoms in total. The fourth-order valence-corrected chi connectivity index (χ4v) is 6.27. The van der Waals surface area contributed by atoms with Gasteiger partial charge < -0.3 is 0 Å². The Morgan fingerprint density at radius 3 is 1.59 bits per heavy atom. The molecule has 4 atom stereocenters. The van der Waals surface area contributed by atoms with E-state index in [1.165, 1.54) is 72.5 Å². The van der Waals surface area contributed by atoms with Crippen LogP contribution in [0, 0.1) is 11.8 Å². The van der Waals surface area contributed by atoms with Crippen molar-refractivity contribution in [2.45, 2.75) is 87.1 Å². The molecule has 0 aliphatic heterocycles. The maximum atomic E-state index is 4.81. The zero-order valence-corrected chi connectivity index (χ0v) is 17.5. The molecule has 27 heavy (non-hydrogen) atoms. The first-order chi connectivity index (χ1) is 13.2. The van der Waals surface area contributed by atoms with Crippen LogP contribution in [0.2, 0.25) is 0 Å². The summed E-state index contributed by atoms with van der Waals surface area (Å²) in [5.74, 6) is 2.80. The Morgan fingerprint density at radius 1 is 0.704 bits per heavy atom. The van der Waals surface area contributed by atoms with Crippen molar-refractivity contribution >= 4 is 11.8 Å². The van der Waals surface area contributed by atoms with Gasteiger partial charge in [0.05, 0.1) is 0 Å². The van der Waals surface area contributed by atoms with E-state index in [1.807, 2.05) is 24.2 Å². The van der Waals surface area contributed by atoms with Gasteiger partial charge in [-0.15, -0.1) is 0 Å². The van der Waals surface area contributed by atoms with E-state index in [2.05, 4.69) is 38.1 Å². The standard InChI is InChI=1S/C24H32N2S/c1-17-9-3-5-11-19(17)21-13-7-15-25-23(21)27-24-22(14-8-16-26-24)20-12-6-4-10-18(20)2/h7-8,13-20H,3-6,9-12H2,1-2H3. The van der Waals surface area contributed by atoms with Crippen molar-refractivity contribution in [2.75, 3.05) is 0 Å². The minimum atomic E-state index is 0.649. The fourth-order valence-electron chi connectivity index (χ4n) is 5.19. The Bertz CT molecular complexity index is 696. The molecule has 0 spiro atoms. The molecule has 2 fully saturated rings. The first-order valence-corrected chi connectivity index (χ1v) is 11.6. The van der Waals surface area contributed by atoms with E-state index in [-0.39, 0.29) is 0 Å². The van der Waals surface area contributed by atoms with Crippen LogP contribution in [0.15, 0.2) is 46.7 Å². The van der Waals surface area contributed by atoms with E-state index in [0.717, 1.165) is 11.8 Å². The van der Waals surface area contributed by atoms with Crippen LogP contribution in [0.4, 0.5) is 0 Å². The smallest absolute Gasteiger partial charge is 0.106 e. The minimum absolute atomic E-state index is 0.649. The predicted octanol–water partition coefficient (Wildman–Crippen LogP) is 7.22. The highest BCUT2D eigenvalue weighted by atomic mass is 32.2. The van der Waals surface area contributed by atoms with Crippen LogP contribution in [0.3, 0.4) is 0 Å². The molecule has 2 heterocycles. The molecular formula is C24H32N2S. The molecule has 0 saturated heterocycles. The lowest BCUT2D eigenvalue weighted by Crippen LogP contribution is -2.17. The monoisotopic (exact) mass is 380 g/mol. The molecule has 0 radical (unpaired) electrons. The van der Waals surface area contributed by atoms with Gasteiger partial charge >= 0.3 is 0 Å². The molecule has 2 aliphatic carbocycles. The quantitative estimate of drug-likeness (QED) is 0.560. The SMILES string of the molecule is CC1CCCCC1c1cccnc1Sc1ncccc1C1CCCCC1C.